The van der Waals surface area contributed by atoms with E-state index in [1.807, 2.05) is 0 Å². The van der Waals surface area contributed by atoms with E-state index >= 15 is 0 Å². The third-order valence-corrected chi connectivity index (χ3v) is 2.91. The van der Waals surface area contributed by atoms with Gasteiger partial charge in [-0.25, -0.2) is 0 Å². The molecule has 0 saturated carbocycles. The van der Waals surface area contributed by atoms with E-state index in [9.17, 15) is 10.1 Å². The van der Waals surface area contributed by atoms with Crippen molar-refractivity contribution < 1.29 is 4.92 Å². The zero-order valence-corrected chi connectivity index (χ0v) is 8.87. The third-order valence-electron chi connectivity index (χ3n) is 2.06. The summed E-state index contributed by atoms with van der Waals surface area (Å²) in [4.78, 5) is 10.2. The maximum Gasteiger partial charge on any atom is 0.270 e. The first kappa shape index (κ1) is 8.74. The number of nitro groups is 1. The van der Waals surface area contributed by atoms with Gasteiger partial charge in [-0.1, -0.05) is 0 Å². The van der Waals surface area contributed by atoms with Gasteiger partial charge < -0.3 is 5.32 Å². The Morgan fingerprint density at radius 3 is 3.00 bits per heavy atom. The molecular weight excluding hydrogens is 283 g/mol. The number of non-ortho nitro benzene ring substituents is 1. The third kappa shape index (κ3) is 1.48. The largest absolute Gasteiger partial charge is 0.384 e. The lowest BCUT2D eigenvalue weighted by Gasteiger charge is -2.02. The highest BCUT2D eigenvalue weighted by molar-refractivity contribution is 14.1. The molecule has 1 aliphatic heterocycles. The lowest BCUT2D eigenvalue weighted by atomic mass is 10.1. The summed E-state index contributed by atoms with van der Waals surface area (Å²) in [7, 11) is 0. The van der Waals surface area contributed by atoms with E-state index in [0.717, 1.165) is 27.8 Å². The molecule has 1 N–H and O–H groups in total. The van der Waals surface area contributed by atoms with Crippen LogP contribution in [0.25, 0.3) is 0 Å². The number of nitro benzene ring substituents is 1. The highest BCUT2D eigenvalue weighted by Crippen LogP contribution is 2.31. The number of nitrogens with one attached hydrogen (secondary N) is 1. The van der Waals surface area contributed by atoms with E-state index in [-0.39, 0.29) is 10.6 Å². The summed E-state index contributed by atoms with van der Waals surface area (Å²) in [5.74, 6) is 0. The van der Waals surface area contributed by atoms with Gasteiger partial charge in [-0.2, -0.15) is 0 Å². The minimum atomic E-state index is -0.346. The maximum atomic E-state index is 10.5. The van der Waals surface area contributed by atoms with Gasteiger partial charge in [-0.05, 0) is 34.6 Å². The van der Waals surface area contributed by atoms with Gasteiger partial charge in [0.15, 0.2) is 0 Å². The second kappa shape index (κ2) is 3.13. The van der Waals surface area contributed by atoms with Gasteiger partial charge in [0.05, 0.1) is 10.6 Å². The molecule has 2 rings (SSSR count). The second-order valence-corrected chi connectivity index (χ2v) is 4.06. The molecule has 13 heavy (non-hydrogen) atoms. The van der Waals surface area contributed by atoms with Gasteiger partial charge in [0, 0.05) is 22.2 Å². The van der Waals surface area contributed by atoms with Crippen molar-refractivity contribution >= 4 is 34.0 Å². The van der Waals surface area contributed by atoms with Crippen LogP contribution in [0.1, 0.15) is 5.56 Å². The molecule has 4 nitrogen and oxygen atoms in total. The van der Waals surface area contributed by atoms with Crippen molar-refractivity contribution in [1.82, 2.24) is 0 Å². The average molecular weight is 290 g/mol. The van der Waals surface area contributed by atoms with Crippen LogP contribution in [0.5, 0.6) is 0 Å². The van der Waals surface area contributed by atoms with E-state index in [1.165, 1.54) is 0 Å². The summed E-state index contributed by atoms with van der Waals surface area (Å²) < 4.78 is 0.930. The Bertz CT molecular complexity index is 379. The number of anilines is 1. The van der Waals surface area contributed by atoms with Crippen molar-refractivity contribution in [2.45, 2.75) is 6.42 Å². The molecule has 0 aromatic heterocycles. The maximum absolute atomic E-state index is 10.5. The highest BCUT2D eigenvalue weighted by Gasteiger charge is 2.18. The van der Waals surface area contributed by atoms with Crippen molar-refractivity contribution in [2.24, 2.45) is 0 Å². The first-order valence-corrected chi connectivity index (χ1v) is 4.97. The van der Waals surface area contributed by atoms with Crippen LogP contribution in [0.3, 0.4) is 0 Å². The SMILES string of the molecule is O=[N+]([O-])c1cc(I)c2c(c1)CCN2. The minimum Gasteiger partial charge on any atom is -0.384 e. The molecule has 0 radical (unpaired) electrons. The smallest absolute Gasteiger partial charge is 0.270 e. The lowest BCUT2D eigenvalue weighted by molar-refractivity contribution is -0.385. The van der Waals surface area contributed by atoms with Crippen molar-refractivity contribution in [2.75, 3.05) is 11.9 Å². The Kier molecular flexibility index (Phi) is 2.10. The summed E-state index contributed by atoms with van der Waals surface area (Å²) in [6.45, 7) is 0.881. The number of nitrogens with zero attached hydrogens (tertiary/aromatic N) is 1. The molecule has 0 unspecified atom stereocenters. The van der Waals surface area contributed by atoms with Crippen molar-refractivity contribution in [1.29, 1.82) is 0 Å². The molecule has 0 spiro atoms. The Hall–Kier alpha value is -0.850. The van der Waals surface area contributed by atoms with Crippen molar-refractivity contribution in [3.63, 3.8) is 0 Å². The van der Waals surface area contributed by atoms with Gasteiger partial charge in [0.25, 0.3) is 5.69 Å². The fourth-order valence-electron chi connectivity index (χ4n) is 1.47. The summed E-state index contributed by atoms with van der Waals surface area (Å²) in [5.41, 5.74) is 2.30. The van der Waals surface area contributed by atoms with Gasteiger partial charge in [-0.15, -0.1) is 0 Å². The fraction of sp³-hybridized carbons (Fsp3) is 0.250. The van der Waals surface area contributed by atoms with E-state index in [1.54, 1.807) is 12.1 Å². The molecule has 5 heteroatoms. The number of hydrogen-bond acceptors (Lipinski definition) is 3. The zero-order valence-electron chi connectivity index (χ0n) is 6.71. The summed E-state index contributed by atoms with van der Waals surface area (Å²) in [6.07, 6.45) is 0.882. The molecule has 0 atom stereocenters. The van der Waals surface area contributed by atoms with Gasteiger partial charge in [0.2, 0.25) is 0 Å². The number of benzene rings is 1. The van der Waals surface area contributed by atoms with Crippen LogP contribution in [0.15, 0.2) is 12.1 Å². The van der Waals surface area contributed by atoms with Crippen LogP contribution in [-0.4, -0.2) is 11.5 Å². The van der Waals surface area contributed by atoms with Gasteiger partial charge in [-0.3, -0.25) is 10.1 Å². The van der Waals surface area contributed by atoms with E-state index in [4.69, 9.17) is 0 Å². The van der Waals surface area contributed by atoms with Crippen LogP contribution in [0.4, 0.5) is 11.4 Å². The molecule has 0 bridgehead atoms. The number of hydrogen-bond donors (Lipinski definition) is 1. The van der Waals surface area contributed by atoms with Gasteiger partial charge in [0.1, 0.15) is 0 Å². The molecular formula is C8H7IN2O2. The molecule has 68 valence electrons. The first-order chi connectivity index (χ1) is 6.18. The monoisotopic (exact) mass is 290 g/mol. The van der Waals surface area contributed by atoms with E-state index in [2.05, 4.69) is 27.9 Å². The predicted molar refractivity (Wildman–Crippen MR) is 58.0 cm³/mol. The molecule has 0 saturated heterocycles. The Morgan fingerprint density at radius 1 is 1.54 bits per heavy atom. The number of halogens is 1. The molecule has 1 heterocycles. The van der Waals surface area contributed by atoms with Crippen LogP contribution in [-0.2, 0) is 6.42 Å². The molecule has 0 fully saturated rings. The number of fused-ring (bicyclic) bond motifs is 1. The van der Waals surface area contributed by atoms with Crippen LogP contribution < -0.4 is 5.32 Å². The fourth-order valence-corrected chi connectivity index (χ4v) is 2.33. The zero-order chi connectivity index (χ0) is 9.42. The summed E-state index contributed by atoms with van der Waals surface area (Å²) in [6, 6.07) is 3.25. The van der Waals surface area contributed by atoms with Crippen molar-refractivity contribution in [3.05, 3.63) is 31.4 Å². The van der Waals surface area contributed by atoms with Gasteiger partial charge >= 0.3 is 0 Å². The first-order valence-electron chi connectivity index (χ1n) is 3.89. The Morgan fingerprint density at radius 2 is 2.31 bits per heavy atom. The molecule has 0 aliphatic carbocycles. The van der Waals surface area contributed by atoms with Crippen LogP contribution in [0.2, 0.25) is 0 Å². The molecule has 0 amide bonds. The quantitative estimate of drug-likeness (QED) is 0.490. The van der Waals surface area contributed by atoms with Crippen molar-refractivity contribution in [3.8, 4) is 0 Å². The summed E-state index contributed by atoms with van der Waals surface area (Å²) >= 11 is 2.12. The van der Waals surface area contributed by atoms with Crippen LogP contribution >= 0.6 is 22.6 Å². The standard InChI is InChI=1S/C8H7IN2O2/c9-7-4-6(11(12)13)3-5-1-2-10-8(5)7/h3-4,10H,1-2H2. The predicted octanol–water partition coefficient (Wildman–Crippen LogP) is 2.17. The minimum absolute atomic E-state index is 0.187. The Balaban J connectivity index is 2.55. The number of rotatable bonds is 1. The van der Waals surface area contributed by atoms with E-state index < -0.39 is 0 Å². The Labute approximate surface area is 88.6 Å². The molecule has 1 aromatic carbocycles. The topological polar surface area (TPSA) is 55.2 Å². The average Bonchev–Trinajstić information content (AvgIpc) is 2.51. The lowest BCUT2D eigenvalue weighted by Crippen LogP contribution is -1.94. The van der Waals surface area contributed by atoms with Crippen LogP contribution in [0, 0.1) is 13.7 Å². The molecule has 1 aromatic rings. The highest BCUT2D eigenvalue weighted by atomic mass is 127. The second-order valence-electron chi connectivity index (χ2n) is 2.90. The normalized spacial score (nSPS) is 13.6. The van der Waals surface area contributed by atoms with E-state index in [0.29, 0.717) is 0 Å². The summed E-state index contributed by atoms with van der Waals surface area (Å²) in [5, 5.41) is 13.7. The molecule has 1 aliphatic rings.